The third-order valence-corrected chi connectivity index (χ3v) is 4.72. The van der Waals surface area contributed by atoms with E-state index in [1.165, 1.54) is 16.9 Å². The molecule has 1 atom stereocenters. The fraction of sp³-hybridized carbons (Fsp3) is 0.412. The Bertz CT molecular complexity index is 592. The molecule has 0 radical (unpaired) electrons. The molecule has 1 aromatic carbocycles. The lowest BCUT2D eigenvalue weighted by atomic mass is 10.1. The Morgan fingerprint density at radius 2 is 2.00 bits per heavy atom. The molecule has 112 valence electrons. The second-order valence-electron chi connectivity index (χ2n) is 5.29. The first-order chi connectivity index (χ1) is 10.1. The number of nitrogens with zero attached hydrogens (tertiary/aromatic N) is 1. The normalized spacial score (nSPS) is 12.1. The summed E-state index contributed by atoms with van der Waals surface area (Å²) in [5.41, 5.74) is 2.14. The van der Waals surface area contributed by atoms with Crippen molar-refractivity contribution in [1.82, 2.24) is 10.3 Å². The van der Waals surface area contributed by atoms with Gasteiger partial charge in [0, 0.05) is 12.5 Å². The Morgan fingerprint density at radius 1 is 1.29 bits per heavy atom. The smallest absolute Gasteiger partial charge is 0.263 e. The van der Waals surface area contributed by atoms with E-state index < -0.39 is 0 Å². The first kappa shape index (κ1) is 15.7. The summed E-state index contributed by atoms with van der Waals surface area (Å²) in [6.45, 7) is 5.99. The summed E-state index contributed by atoms with van der Waals surface area (Å²) in [5.74, 6) is 0.00492. The van der Waals surface area contributed by atoms with Crippen LogP contribution in [0.25, 0.3) is 0 Å². The van der Waals surface area contributed by atoms with Crippen LogP contribution in [-0.2, 0) is 12.8 Å². The lowest BCUT2D eigenvalue weighted by molar-refractivity contribution is 0.0942. The van der Waals surface area contributed by atoms with Gasteiger partial charge in [0.2, 0.25) is 0 Å². The van der Waals surface area contributed by atoms with E-state index in [-0.39, 0.29) is 11.9 Å². The molecule has 0 aliphatic heterocycles. The molecule has 0 aliphatic rings. The summed E-state index contributed by atoms with van der Waals surface area (Å²) in [7, 11) is 0. The lowest BCUT2D eigenvalue weighted by Crippen LogP contribution is -2.31. The number of benzene rings is 1. The maximum Gasteiger partial charge on any atom is 0.263 e. The van der Waals surface area contributed by atoms with Gasteiger partial charge in [-0.05, 0) is 32.3 Å². The first-order valence-corrected chi connectivity index (χ1v) is 8.23. The maximum absolute atomic E-state index is 12.2. The Hall–Kier alpha value is -1.68. The Balaban J connectivity index is 2.00. The number of hydrogen-bond acceptors (Lipinski definition) is 3. The van der Waals surface area contributed by atoms with Crippen LogP contribution in [0.1, 0.15) is 46.2 Å². The average molecular weight is 302 g/mol. The van der Waals surface area contributed by atoms with Gasteiger partial charge < -0.3 is 5.32 Å². The van der Waals surface area contributed by atoms with Crippen molar-refractivity contribution < 1.29 is 4.79 Å². The number of rotatable bonds is 6. The number of amides is 1. The number of nitrogens with one attached hydrogen (secondary N) is 1. The van der Waals surface area contributed by atoms with E-state index in [0.717, 1.165) is 34.8 Å². The molecular weight excluding hydrogens is 280 g/mol. The molecule has 0 saturated heterocycles. The van der Waals surface area contributed by atoms with Crippen LogP contribution in [-0.4, -0.2) is 16.9 Å². The molecule has 0 saturated carbocycles. The highest BCUT2D eigenvalue weighted by atomic mass is 32.1. The molecule has 4 heteroatoms. The molecule has 1 aromatic heterocycles. The van der Waals surface area contributed by atoms with E-state index in [0.29, 0.717) is 0 Å². The van der Waals surface area contributed by atoms with E-state index in [1.54, 1.807) is 0 Å². The molecule has 3 nitrogen and oxygen atoms in total. The molecule has 1 N–H and O–H groups in total. The number of aryl methyl sites for hydroxylation is 3. The van der Waals surface area contributed by atoms with Crippen LogP contribution in [0.3, 0.4) is 0 Å². The predicted octanol–water partition coefficient (Wildman–Crippen LogP) is 3.77. The molecule has 0 spiro atoms. The fourth-order valence-corrected chi connectivity index (χ4v) is 3.02. The molecule has 0 aliphatic carbocycles. The molecular formula is C17H22N2OS. The van der Waals surface area contributed by atoms with Crippen LogP contribution in [0.4, 0.5) is 0 Å². The number of thiazole rings is 1. The zero-order valence-corrected chi connectivity index (χ0v) is 13.7. The predicted molar refractivity (Wildman–Crippen MR) is 87.9 cm³/mol. The highest BCUT2D eigenvalue weighted by molar-refractivity contribution is 7.13. The van der Waals surface area contributed by atoms with Crippen molar-refractivity contribution in [3.63, 3.8) is 0 Å². The summed E-state index contributed by atoms with van der Waals surface area (Å²) in [6, 6.07) is 10.6. The highest BCUT2D eigenvalue weighted by Gasteiger charge is 2.16. The van der Waals surface area contributed by atoms with E-state index in [9.17, 15) is 4.79 Å². The van der Waals surface area contributed by atoms with Gasteiger partial charge in [-0.25, -0.2) is 4.98 Å². The van der Waals surface area contributed by atoms with Crippen LogP contribution in [0.15, 0.2) is 30.3 Å². The van der Waals surface area contributed by atoms with E-state index in [4.69, 9.17) is 0 Å². The van der Waals surface area contributed by atoms with Crippen LogP contribution in [0.5, 0.6) is 0 Å². The second-order valence-corrected chi connectivity index (χ2v) is 6.37. The Morgan fingerprint density at radius 3 is 2.67 bits per heavy atom. The first-order valence-electron chi connectivity index (χ1n) is 7.41. The zero-order chi connectivity index (χ0) is 15.2. The summed E-state index contributed by atoms with van der Waals surface area (Å²) in [4.78, 5) is 17.5. The molecule has 0 bridgehead atoms. The van der Waals surface area contributed by atoms with Crippen molar-refractivity contribution in [2.75, 3.05) is 0 Å². The summed E-state index contributed by atoms with van der Waals surface area (Å²) in [6.07, 6.45) is 2.77. The van der Waals surface area contributed by atoms with Gasteiger partial charge >= 0.3 is 0 Å². The van der Waals surface area contributed by atoms with Crippen LogP contribution < -0.4 is 5.32 Å². The van der Waals surface area contributed by atoms with Crippen molar-refractivity contribution >= 4 is 17.2 Å². The molecule has 21 heavy (non-hydrogen) atoms. The van der Waals surface area contributed by atoms with Crippen molar-refractivity contribution in [2.24, 2.45) is 0 Å². The number of aromatic nitrogens is 1. The van der Waals surface area contributed by atoms with E-state index in [2.05, 4.69) is 29.4 Å². The Kier molecular flexibility index (Phi) is 5.51. The van der Waals surface area contributed by atoms with Crippen molar-refractivity contribution in [1.29, 1.82) is 0 Å². The molecule has 2 aromatic rings. The van der Waals surface area contributed by atoms with Gasteiger partial charge in [-0.1, -0.05) is 37.3 Å². The summed E-state index contributed by atoms with van der Waals surface area (Å²) >= 11 is 1.52. The largest absolute Gasteiger partial charge is 0.349 e. The standard InChI is InChI=1S/C17H22N2OS/c1-4-12(2)18-17(20)16-13(3)19-15(21-16)11-10-14-8-6-5-7-9-14/h5-9,12H,4,10-11H2,1-3H3,(H,18,20). The molecule has 1 heterocycles. The SMILES string of the molecule is CCC(C)NC(=O)c1sc(CCc2ccccc2)nc1C. The second kappa shape index (κ2) is 7.36. The van der Waals surface area contributed by atoms with Crippen molar-refractivity contribution in [3.05, 3.63) is 51.5 Å². The lowest BCUT2D eigenvalue weighted by Gasteiger charge is -2.09. The van der Waals surface area contributed by atoms with E-state index in [1.807, 2.05) is 32.0 Å². The van der Waals surface area contributed by atoms with Gasteiger partial charge in [0.1, 0.15) is 4.88 Å². The summed E-state index contributed by atoms with van der Waals surface area (Å²) in [5, 5.41) is 4.04. The van der Waals surface area contributed by atoms with Crippen LogP contribution >= 0.6 is 11.3 Å². The van der Waals surface area contributed by atoms with Gasteiger partial charge in [0.15, 0.2) is 0 Å². The number of hydrogen-bond donors (Lipinski definition) is 1. The Labute approximate surface area is 130 Å². The zero-order valence-electron chi connectivity index (χ0n) is 12.8. The van der Waals surface area contributed by atoms with E-state index >= 15 is 0 Å². The number of carbonyl (C=O) groups excluding carboxylic acids is 1. The van der Waals surface area contributed by atoms with Gasteiger partial charge in [0.05, 0.1) is 10.7 Å². The molecule has 1 unspecified atom stereocenters. The number of carbonyl (C=O) groups is 1. The monoisotopic (exact) mass is 302 g/mol. The summed E-state index contributed by atoms with van der Waals surface area (Å²) < 4.78 is 0. The minimum atomic E-state index is 0.00492. The molecule has 1 amide bonds. The third kappa shape index (κ3) is 4.39. The third-order valence-electron chi connectivity index (χ3n) is 3.51. The topological polar surface area (TPSA) is 42.0 Å². The van der Waals surface area contributed by atoms with Crippen molar-refractivity contribution in [2.45, 2.75) is 46.1 Å². The van der Waals surface area contributed by atoms with Gasteiger partial charge in [0.25, 0.3) is 5.91 Å². The van der Waals surface area contributed by atoms with Crippen LogP contribution in [0.2, 0.25) is 0 Å². The van der Waals surface area contributed by atoms with Gasteiger partial charge in [-0.2, -0.15) is 0 Å². The minimum Gasteiger partial charge on any atom is -0.349 e. The minimum absolute atomic E-state index is 0.00492. The quantitative estimate of drug-likeness (QED) is 0.882. The fourth-order valence-electron chi connectivity index (χ4n) is 2.06. The van der Waals surface area contributed by atoms with Gasteiger partial charge in [-0.15, -0.1) is 11.3 Å². The van der Waals surface area contributed by atoms with Crippen LogP contribution in [0, 0.1) is 6.92 Å². The average Bonchev–Trinajstić information content (AvgIpc) is 2.87. The van der Waals surface area contributed by atoms with Crippen molar-refractivity contribution in [3.8, 4) is 0 Å². The molecule has 2 rings (SSSR count). The maximum atomic E-state index is 12.2. The highest BCUT2D eigenvalue weighted by Crippen LogP contribution is 2.20. The van der Waals surface area contributed by atoms with Gasteiger partial charge in [-0.3, -0.25) is 4.79 Å². The molecule has 0 fully saturated rings.